The number of hydrogen-bond donors (Lipinski definition) is 1. The molecule has 1 atom stereocenters. The van der Waals surface area contributed by atoms with Crippen LogP contribution in [-0.2, 0) is 4.57 Å². The molecule has 0 aliphatic rings. The van der Waals surface area contributed by atoms with Gasteiger partial charge in [-0.3, -0.25) is 4.57 Å². The first kappa shape index (κ1) is 14.1. The quantitative estimate of drug-likeness (QED) is 0.671. The van der Waals surface area contributed by atoms with Gasteiger partial charge in [-0.2, -0.15) is 0 Å². The Balaban J connectivity index is 3.03. The lowest BCUT2D eigenvalue weighted by molar-refractivity contribution is 0.519. The summed E-state index contributed by atoms with van der Waals surface area (Å²) in [7, 11) is -0.126. The molecule has 16 heavy (non-hydrogen) atoms. The van der Waals surface area contributed by atoms with Gasteiger partial charge in [0.15, 0.2) is 0 Å². The second kappa shape index (κ2) is 5.16. The maximum Gasteiger partial charge on any atom is 0.286 e. The molecule has 3 nitrogen and oxygen atoms in total. The number of alkyl halides is 3. The smallest absolute Gasteiger partial charge is 0.286 e. The van der Waals surface area contributed by atoms with Crippen LogP contribution < -0.4 is 5.09 Å². The van der Waals surface area contributed by atoms with Gasteiger partial charge in [0.1, 0.15) is 0 Å². The zero-order chi connectivity index (χ0) is 12.4. The molecule has 1 aromatic rings. The molecule has 0 radical (unpaired) electrons. The van der Waals surface area contributed by atoms with E-state index in [0.29, 0.717) is 5.69 Å². The van der Waals surface area contributed by atoms with E-state index < -0.39 is 11.0 Å². The first-order valence-corrected chi connectivity index (χ1v) is 7.25. The average Bonchev–Trinajstić information content (AvgIpc) is 2.17. The summed E-state index contributed by atoms with van der Waals surface area (Å²) >= 11 is 17.2. The SMILES string of the molecule is CN(C)P(=O)(Nc1ccccc1)C(Cl)(Cl)Cl. The highest BCUT2D eigenvalue weighted by molar-refractivity contribution is 7.70. The van der Waals surface area contributed by atoms with E-state index in [1.165, 1.54) is 4.67 Å². The van der Waals surface area contributed by atoms with Gasteiger partial charge in [0.25, 0.3) is 11.0 Å². The lowest BCUT2D eigenvalue weighted by Gasteiger charge is -2.31. The molecule has 90 valence electrons. The molecule has 1 rings (SSSR count). The van der Waals surface area contributed by atoms with Crippen LogP contribution in [0.25, 0.3) is 0 Å². The summed E-state index contributed by atoms with van der Waals surface area (Å²) in [5.74, 6) is 0. The van der Waals surface area contributed by atoms with E-state index in [9.17, 15) is 4.57 Å². The van der Waals surface area contributed by atoms with Crippen molar-refractivity contribution in [3.8, 4) is 0 Å². The monoisotopic (exact) mass is 300 g/mol. The Morgan fingerprint density at radius 1 is 1.19 bits per heavy atom. The van der Waals surface area contributed by atoms with E-state index in [-0.39, 0.29) is 0 Å². The Labute approximate surface area is 110 Å². The number of rotatable bonds is 3. The third-order valence-corrected chi connectivity index (χ3v) is 6.40. The van der Waals surface area contributed by atoms with Crippen molar-refractivity contribution >= 4 is 47.9 Å². The van der Waals surface area contributed by atoms with Crippen LogP contribution in [0.5, 0.6) is 0 Å². The molecule has 1 N–H and O–H groups in total. The number of nitrogens with one attached hydrogen (secondary N) is 1. The number of hydrogen-bond acceptors (Lipinski definition) is 1. The largest absolute Gasteiger partial charge is 0.321 e. The standard InChI is InChI=1S/C9H12Cl3N2OP/c1-14(2)16(15,9(10,11)12)13-8-6-4-3-5-7-8/h3-7H,1-2H3,(H,13,15). The molecule has 0 aromatic heterocycles. The number of halogens is 3. The van der Waals surface area contributed by atoms with E-state index in [4.69, 9.17) is 34.8 Å². The molecule has 0 amide bonds. The van der Waals surface area contributed by atoms with Crippen molar-refractivity contribution < 1.29 is 4.57 Å². The third-order valence-electron chi connectivity index (χ3n) is 1.96. The minimum Gasteiger partial charge on any atom is -0.321 e. The third kappa shape index (κ3) is 3.06. The van der Waals surface area contributed by atoms with Crippen molar-refractivity contribution in [1.29, 1.82) is 0 Å². The van der Waals surface area contributed by atoms with Crippen molar-refractivity contribution in [3.63, 3.8) is 0 Å². The predicted octanol–water partition coefficient (Wildman–Crippen LogP) is 4.18. The first-order valence-electron chi connectivity index (χ1n) is 4.45. The number of benzene rings is 1. The fourth-order valence-corrected chi connectivity index (χ4v) is 4.10. The molecule has 0 aliphatic heterocycles. The fraction of sp³-hybridized carbons (Fsp3) is 0.333. The Hall–Kier alpha value is 0.0800. The highest BCUT2D eigenvalue weighted by Crippen LogP contribution is 2.65. The molecule has 0 fully saturated rings. The van der Waals surface area contributed by atoms with Crippen LogP contribution in [0.3, 0.4) is 0 Å². The van der Waals surface area contributed by atoms with Crippen LogP contribution in [0.2, 0.25) is 0 Å². The van der Waals surface area contributed by atoms with Gasteiger partial charge in [-0.25, -0.2) is 4.67 Å². The Kier molecular flexibility index (Phi) is 4.56. The van der Waals surface area contributed by atoms with Crippen LogP contribution in [0.1, 0.15) is 0 Å². The Morgan fingerprint density at radius 2 is 1.69 bits per heavy atom. The second-order valence-corrected chi connectivity index (χ2v) is 9.29. The summed E-state index contributed by atoms with van der Waals surface area (Å²) in [5.41, 5.74) is 0.644. The molecule has 0 saturated carbocycles. The highest BCUT2D eigenvalue weighted by Gasteiger charge is 2.46. The van der Waals surface area contributed by atoms with E-state index in [2.05, 4.69) is 5.09 Å². The number of nitrogens with zero attached hydrogens (tertiary/aromatic N) is 1. The molecule has 0 saturated heterocycles. The zero-order valence-corrected chi connectivity index (χ0v) is 12.0. The molecular formula is C9H12Cl3N2OP. The molecule has 0 aliphatic carbocycles. The number of anilines is 1. The Morgan fingerprint density at radius 3 is 2.06 bits per heavy atom. The summed E-state index contributed by atoms with van der Waals surface area (Å²) in [6.45, 7) is 0. The predicted molar refractivity (Wildman–Crippen MR) is 71.6 cm³/mol. The van der Waals surface area contributed by atoms with Crippen molar-refractivity contribution in [2.45, 2.75) is 3.53 Å². The molecule has 1 aromatic carbocycles. The van der Waals surface area contributed by atoms with Crippen LogP contribution in [0.15, 0.2) is 30.3 Å². The lowest BCUT2D eigenvalue weighted by Crippen LogP contribution is -2.24. The topological polar surface area (TPSA) is 32.3 Å². The summed E-state index contributed by atoms with van der Waals surface area (Å²) in [4.78, 5) is 0. The van der Waals surface area contributed by atoms with E-state index >= 15 is 0 Å². The van der Waals surface area contributed by atoms with Crippen molar-refractivity contribution in [2.24, 2.45) is 0 Å². The van der Waals surface area contributed by atoms with Gasteiger partial charge in [-0.15, -0.1) is 0 Å². The van der Waals surface area contributed by atoms with Gasteiger partial charge >= 0.3 is 0 Å². The Bertz CT molecular complexity index is 391. The summed E-state index contributed by atoms with van der Waals surface area (Å²) < 4.78 is 12.0. The maximum absolute atomic E-state index is 12.5. The first-order chi connectivity index (χ1) is 7.27. The van der Waals surface area contributed by atoms with Crippen molar-refractivity contribution in [2.75, 3.05) is 19.2 Å². The van der Waals surface area contributed by atoms with Gasteiger partial charge in [-0.05, 0) is 26.2 Å². The minimum atomic E-state index is -3.32. The minimum absolute atomic E-state index is 0.644. The maximum atomic E-state index is 12.5. The van der Waals surface area contributed by atoms with Crippen LogP contribution in [-0.4, -0.2) is 22.3 Å². The summed E-state index contributed by atoms with van der Waals surface area (Å²) in [5, 5.41) is 2.78. The molecule has 0 spiro atoms. The molecule has 1 unspecified atom stereocenters. The number of para-hydroxylation sites is 1. The second-order valence-electron chi connectivity index (χ2n) is 3.37. The zero-order valence-electron chi connectivity index (χ0n) is 8.82. The van der Waals surface area contributed by atoms with Gasteiger partial charge in [0.2, 0.25) is 0 Å². The van der Waals surface area contributed by atoms with Gasteiger partial charge in [0.05, 0.1) is 0 Å². The molecule has 0 bridgehead atoms. The van der Waals surface area contributed by atoms with E-state index in [1.54, 1.807) is 38.4 Å². The summed E-state index contributed by atoms with van der Waals surface area (Å²) in [6.07, 6.45) is 0. The van der Waals surface area contributed by atoms with Crippen LogP contribution >= 0.6 is 42.2 Å². The van der Waals surface area contributed by atoms with E-state index in [1.807, 2.05) is 6.07 Å². The summed E-state index contributed by atoms with van der Waals surface area (Å²) in [6, 6.07) is 8.97. The van der Waals surface area contributed by atoms with E-state index in [0.717, 1.165) is 0 Å². The van der Waals surface area contributed by atoms with Crippen molar-refractivity contribution in [1.82, 2.24) is 4.67 Å². The van der Waals surface area contributed by atoms with Gasteiger partial charge in [0, 0.05) is 5.69 Å². The molecule has 7 heteroatoms. The normalized spacial score (nSPS) is 15.9. The van der Waals surface area contributed by atoms with Crippen LogP contribution in [0, 0.1) is 0 Å². The van der Waals surface area contributed by atoms with Gasteiger partial charge in [-0.1, -0.05) is 53.0 Å². The fourth-order valence-electron chi connectivity index (χ4n) is 1.08. The molecular weight excluding hydrogens is 289 g/mol. The van der Waals surface area contributed by atoms with Crippen molar-refractivity contribution in [3.05, 3.63) is 30.3 Å². The molecule has 0 heterocycles. The van der Waals surface area contributed by atoms with Gasteiger partial charge < -0.3 is 5.09 Å². The van der Waals surface area contributed by atoms with Crippen LogP contribution in [0.4, 0.5) is 5.69 Å². The highest BCUT2D eigenvalue weighted by atomic mass is 35.6. The average molecular weight is 302 g/mol. The lowest BCUT2D eigenvalue weighted by atomic mass is 10.3.